The predicted octanol–water partition coefficient (Wildman–Crippen LogP) is 3.07. The molecule has 0 spiro atoms. The summed E-state index contributed by atoms with van der Waals surface area (Å²) in [6.45, 7) is 2.27. The van der Waals surface area contributed by atoms with E-state index in [9.17, 15) is 0 Å². The normalized spacial score (nSPS) is 21.8. The molecule has 1 aliphatic carbocycles. The molecule has 0 aliphatic heterocycles. The summed E-state index contributed by atoms with van der Waals surface area (Å²) in [5.41, 5.74) is 2.83. The second kappa shape index (κ2) is 2.53. The summed E-state index contributed by atoms with van der Waals surface area (Å²) in [4.78, 5) is 0. The van der Waals surface area contributed by atoms with Crippen molar-refractivity contribution in [3.63, 3.8) is 0 Å². The molecule has 0 saturated heterocycles. The van der Waals surface area contributed by atoms with E-state index in [4.69, 9.17) is 11.6 Å². The molecule has 0 saturated carbocycles. The Labute approximate surface area is 72.2 Å². The molecule has 2 rings (SSSR count). The summed E-state index contributed by atoms with van der Waals surface area (Å²) < 4.78 is 0. The van der Waals surface area contributed by atoms with Gasteiger partial charge in [0.2, 0.25) is 0 Å². The first-order valence-corrected chi connectivity index (χ1v) is 4.41. The van der Waals surface area contributed by atoms with Gasteiger partial charge in [-0.1, -0.05) is 30.7 Å². The van der Waals surface area contributed by atoms with E-state index < -0.39 is 0 Å². The van der Waals surface area contributed by atoms with Gasteiger partial charge in [0, 0.05) is 5.02 Å². The van der Waals surface area contributed by atoms with E-state index in [0.29, 0.717) is 0 Å². The van der Waals surface area contributed by atoms with E-state index in [1.807, 2.05) is 12.1 Å². The number of halogens is 1. The Hall–Kier alpha value is -0.490. The fourth-order valence-electron chi connectivity index (χ4n) is 1.82. The van der Waals surface area contributed by atoms with Gasteiger partial charge in [-0.15, -0.1) is 0 Å². The molecule has 1 aromatic rings. The predicted molar refractivity (Wildman–Crippen MR) is 48.0 cm³/mol. The number of fused-ring (bicyclic) bond motifs is 1. The molecule has 1 aliphatic rings. The van der Waals surface area contributed by atoms with Crippen LogP contribution in [0.2, 0.25) is 5.02 Å². The van der Waals surface area contributed by atoms with Gasteiger partial charge in [-0.25, -0.2) is 0 Å². The van der Waals surface area contributed by atoms with Crippen LogP contribution in [-0.4, -0.2) is 0 Å². The van der Waals surface area contributed by atoms with Crippen molar-refractivity contribution in [2.75, 3.05) is 0 Å². The molecule has 0 amide bonds. The highest BCUT2D eigenvalue weighted by atomic mass is 35.5. The SMILES string of the molecule is CC1Cc2cccc(Cl)c2C1. The molecular formula is C10H11Cl. The topological polar surface area (TPSA) is 0 Å². The molecule has 0 aromatic heterocycles. The molecule has 0 N–H and O–H groups in total. The van der Waals surface area contributed by atoms with Gasteiger partial charge < -0.3 is 0 Å². The van der Waals surface area contributed by atoms with Crippen LogP contribution in [0.4, 0.5) is 0 Å². The second-order valence-corrected chi connectivity index (χ2v) is 3.80. The van der Waals surface area contributed by atoms with E-state index in [1.165, 1.54) is 17.5 Å². The van der Waals surface area contributed by atoms with Crippen LogP contribution in [0.3, 0.4) is 0 Å². The zero-order valence-corrected chi connectivity index (χ0v) is 7.36. The van der Waals surface area contributed by atoms with Crippen molar-refractivity contribution in [2.24, 2.45) is 5.92 Å². The van der Waals surface area contributed by atoms with Crippen molar-refractivity contribution in [3.05, 3.63) is 34.3 Å². The molecular weight excluding hydrogens is 156 g/mol. The van der Waals surface area contributed by atoms with E-state index >= 15 is 0 Å². The molecule has 0 radical (unpaired) electrons. The van der Waals surface area contributed by atoms with Gasteiger partial charge in [-0.05, 0) is 36.0 Å². The minimum Gasteiger partial charge on any atom is -0.0840 e. The highest BCUT2D eigenvalue weighted by Gasteiger charge is 2.18. The van der Waals surface area contributed by atoms with Crippen molar-refractivity contribution in [1.82, 2.24) is 0 Å². The van der Waals surface area contributed by atoms with Gasteiger partial charge in [0.05, 0.1) is 0 Å². The van der Waals surface area contributed by atoms with E-state index in [0.717, 1.165) is 17.4 Å². The quantitative estimate of drug-likeness (QED) is 0.556. The van der Waals surface area contributed by atoms with Gasteiger partial charge in [0.1, 0.15) is 0 Å². The Kier molecular flexibility index (Phi) is 1.65. The number of hydrogen-bond acceptors (Lipinski definition) is 0. The fourth-order valence-corrected chi connectivity index (χ4v) is 2.09. The summed E-state index contributed by atoms with van der Waals surface area (Å²) in [5, 5.41) is 0.951. The standard InChI is InChI=1S/C10H11Cl/c1-7-5-8-3-2-4-10(11)9(8)6-7/h2-4,7H,5-6H2,1H3. The highest BCUT2D eigenvalue weighted by Crippen LogP contribution is 2.31. The fraction of sp³-hybridized carbons (Fsp3) is 0.400. The van der Waals surface area contributed by atoms with Gasteiger partial charge in [-0.3, -0.25) is 0 Å². The number of rotatable bonds is 0. The van der Waals surface area contributed by atoms with Gasteiger partial charge in [0.15, 0.2) is 0 Å². The number of hydrogen-bond donors (Lipinski definition) is 0. The lowest BCUT2D eigenvalue weighted by atomic mass is 10.1. The Balaban J connectivity index is 2.49. The minimum atomic E-state index is 0.782. The van der Waals surface area contributed by atoms with E-state index in [1.54, 1.807) is 0 Å². The van der Waals surface area contributed by atoms with E-state index in [-0.39, 0.29) is 0 Å². The Morgan fingerprint density at radius 1 is 1.36 bits per heavy atom. The van der Waals surface area contributed by atoms with Crippen LogP contribution in [0, 0.1) is 5.92 Å². The molecule has 0 fully saturated rings. The molecule has 1 aromatic carbocycles. The first-order chi connectivity index (χ1) is 5.27. The maximum absolute atomic E-state index is 6.03. The molecule has 1 heteroatoms. The van der Waals surface area contributed by atoms with E-state index in [2.05, 4.69) is 13.0 Å². The molecule has 1 atom stereocenters. The largest absolute Gasteiger partial charge is 0.0840 e. The lowest BCUT2D eigenvalue weighted by molar-refractivity contribution is 0.628. The number of benzene rings is 1. The van der Waals surface area contributed by atoms with Gasteiger partial charge in [0.25, 0.3) is 0 Å². The summed E-state index contributed by atoms with van der Waals surface area (Å²) in [5.74, 6) is 0.782. The Bertz CT molecular complexity index is 278. The molecule has 11 heavy (non-hydrogen) atoms. The monoisotopic (exact) mass is 166 g/mol. The lowest BCUT2D eigenvalue weighted by Gasteiger charge is -1.98. The third-order valence-corrected chi connectivity index (χ3v) is 2.69. The smallest absolute Gasteiger partial charge is 0.0440 e. The second-order valence-electron chi connectivity index (χ2n) is 3.39. The van der Waals surface area contributed by atoms with Crippen molar-refractivity contribution < 1.29 is 0 Å². The van der Waals surface area contributed by atoms with Crippen LogP contribution in [0.5, 0.6) is 0 Å². The highest BCUT2D eigenvalue weighted by molar-refractivity contribution is 6.31. The van der Waals surface area contributed by atoms with Crippen LogP contribution >= 0.6 is 11.6 Å². The first-order valence-electron chi connectivity index (χ1n) is 4.03. The maximum Gasteiger partial charge on any atom is 0.0440 e. The van der Waals surface area contributed by atoms with Crippen LogP contribution in [0.1, 0.15) is 18.1 Å². The lowest BCUT2D eigenvalue weighted by Crippen LogP contribution is -1.89. The van der Waals surface area contributed by atoms with Crippen LogP contribution in [0.25, 0.3) is 0 Å². The molecule has 0 bridgehead atoms. The van der Waals surface area contributed by atoms with Crippen LogP contribution in [-0.2, 0) is 12.8 Å². The molecule has 0 nitrogen and oxygen atoms in total. The van der Waals surface area contributed by atoms with Crippen molar-refractivity contribution >= 4 is 11.6 Å². The summed E-state index contributed by atoms with van der Waals surface area (Å²) >= 11 is 6.03. The first kappa shape index (κ1) is 7.17. The molecule has 58 valence electrons. The van der Waals surface area contributed by atoms with Gasteiger partial charge >= 0.3 is 0 Å². The van der Waals surface area contributed by atoms with Gasteiger partial charge in [-0.2, -0.15) is 0 Å². The average molecular weight is 167 g/mol. The minimum absolute atomic E-state index is 0.782. The third-order valence-electron chi connectivity index (χ3n) is 2.34. The summed E-state index contributed by atoms with van der Waals surface area (Å²) in [6, 6.07) is 6.21. The Morgan fingerprint density at radius 3 is 2.91 bits per heavy atom. The Morgan fingerprint density at radius 2 is 2.18 bits per heavy atom. The van der Waals surface area contributed by atoms with Crippen molar-refractivity contribution in [3.8, 4) is 0 Å². The zero-order chi connectivity index (χ0) is 7.84. The van der Waals surface area contributed by atoms with Crippen LogP contribution < -0.4 is 0 Å². The third kappa shape index (κ3) is 1.16. The molecule has 0 heterocycles. The van der Waals surface area contributed by atoms with Crippen molar-refractivity contribution in [2.45, 2.75) is 19.8 Å². The zero-order valence-electron chi connectivity index (χ0n) is 6.60. The van der Waals surface area contributed by atoms with Crippen LogP contribution in [0.15, 0.2) is 18.2 Å². The summed E-state index contributed by atoms with van der Waals surface area (Å²) in [6.07, 6.45) is 2.37. The summed E-state index contributed by atoms with van der Waals surface area (Å²) in [7, 11) is 0. The molecule has 1 unspecified atom stereocenters. The average Bonchev–Trinajstić information content (AvgIpc) is 2.31. The maximum atomic E-state index is 6.03. The van der Waals surface area contributed by atoms with Crippen molar-refractivity contribution in [1.29, 1.82) is 0 Å².